The lowest BCUT2D eigenvalue weighted by molar-refractivity contribution is 0.423. The van der Waals surface area contributed by atoms with Crippen molar-refractivity contribution in [3.8, 4) is 10.8 Å². The van der Waals surface area contributed by atoms with Gasteiger partial charge in [0.1, 0.15) is 4.88 Å². The number of hydrogen-bond donors (Lipinski definition) is 1. The molecule has 2 fully saturated rings. The number of aromatic nitrogens is 2. The number of anilines is 1. The first-order chi connectivity index (χ1) is 11.1. The Kier molecular flexibility index (Phi) is 3.88. The van der Waals surface area contributed by atoms with Crippen molar-refractivity contribution in [2.45, 2.75) is 56.1 Å². The van der Waals surface area contributed by atoms with Crippen LogP contribution in [0.2, 0.25) is 0 Å². The van der Waals surface area contributed by atoms with Gasteiger partial charge >= 0.3 is 0 Å². The van der Waals surface area contributed by atoms with E-state index >= 15 is 0 Å². The first kappa shape index (κ1) is 15.1. The molecule has 124 valence electrons. The SMILES string of the molecule is O=S(=O)(Nc1ccsc1-c1nc(C2CC2)no1)C1CCCCC1. The number of sulfonamides is 1. The standard InChI is InChI=1S/C15H19N3O3S2/c19-23(20,11-4-2-1-3-5-11)18-12-8-9-22-13(12)15-16-14(17-21-15)10-6-7-10/h8-11,18H,1-7H2. The van der Waals surface area contributed by atoms with Crippen LogP contribution in [0.3, 0.4) is 0 Å². The van der Waals surface area contributed by atoms with E-state index in [9.17, 15) is 8.42 Å². The molecule has 2 aromatic rings. The van der Waals surface area contributed by atoms with E-state index in [-0.39, 0.29) is 5.25 Å². The molecule has 0 spiro atoms. The van der Waals surface area contributed by atoms with Crippen LogP contribution in [0.25, 0.3) is 10.8 Å². The summed E-state index contributed by atoms with van der Waals surface area (Å²) in [4.78, 5) is 5.11. The van der Waals surface area contributed by atoms with Gasteiger partial charge in [0, 0.05) is 5.92 Å². The fourth-order valence-electron chi connectivity index (χ4n) is 3.00. The molecule has 0 unspecified atom stereocenters. The van der Waals surface area contributed by atoms with Gasteiger partial charge in [-0.15, -0.1) is 11.3 Å². The Labute approximate surface area is 139 Å². The molecule has 0 radical (unpaired) electrons. The molecule has 2 saturated carbocycles. The fourth-order valence-corrected chi connectivity index (χ4v) is 5.43. The number of hydrogen-bond acceptors (Lipinski definition) is 6. The van der Waals surface area contributed by atoms with Crippen LogP contribution >= 0.6 is 11.3 Å². The third-order valence-electron chi connectivity index (χ3n) is 4.49. The highest BCUT2D eigenvalue weighted by molar-refractivity contribution is 7.93. The zero-order valence-corrected chi connectivity index (χ0v) is 14.3. The summed E-state index contributed by atoms with van der Waals surface area (Å²) in [6.45, 7) is 0. The van der Waals surface area contributed by atoms with E-state index in [0.717, 1.165) is 50.8 Å². The Morgan fingerprint density at radius 1 is 1.17 bits per heavy atom. The third-order valence-corrected chi connectivity index (χ3v) is 7.24. The maximum Gasteiger partial charge on any atom is 0.270 e. The van der Waals surface area contributed by atoms with Crippen molar-refractivity contribution < 1.29 is 12.9 Å². The minimum Gasteiger partial charge on any atom is -0.333 e. The Balaban J connectivity index is 1.56. The molecule has 0 atom stereocenters. The topological polar surface area (TPSA) is 85.1 Å². The number of rotatable bonds is 5. The predicted molar refractivity (Wildman–Crippen MR) is 89.0 cm³/mol. The zero-order chi connectivity index (χ0) is 15.9. The van der Waals surface area contributed by atoms with Crippen LogP contribution in [0.15, 0.2) is 16.0 Å². The van der Waals surface area contributed by atoms with Crippen LogP contribution in [0.1, 0.15) is 56.7 Å². The van der Waals surface area contributed by atoms with Crippen LogP contribution in [0.5, 0.6) is 0 Å². The number of thiophene rings is 1. The lowest BCUT2D eigenvalue weighted by Gasteiger charge is -2.22. The molecule has 6 nitrogen and oxygen atoms in total. The van der Waals surface area contributed by atoms with E-state index in [1.54, 1.807) is 6.07 Å². The van der Waals surface area contributed by atoms with Crippen molar-refractivity contribution in [1.82, 2.24) is 10.1 Å². The van der Waals surface area contributed by atoms with E-state index < -0.39 is 10.0 Å². The second-order valence-corrected chi connectivity index (χ2v) is 9.18. The summed E-state index contributed by atoms with van der Waals surface area (Å²) < 4.78 is 33.2. The average Bonchev–Trinajstić information content (AvgIpc) is 3.11. The Bertz CT molecular complexity index is 787. The minimum atomic E-state index is -3.37. The molecule has 4 rings (SSSR count). The quantitative estimate of drug-likeness (QED) is 0.885. The third kappa shape index (κ3) is 3.14. The van der Waals surface area contributed by atoms with Crippen molar-refractivity contribution >= 4 is 27.0 Å². The van der Waals surface area contributed by atoms with Crippen LogP contribution < -0.4 is 4.72 Å². The predicted octanol–water partition coefficient (Wildman–Crippen LogP) is 3.75. The maximum absolute atomic E-state index is 12.6. The molecule has 0 saturated heterocycles. The summed E-state index contributed by atoms with van der Waals surface area (Å²) in [7, 11) is -3.37. The normalized spacial score (nSPS) is 19.8. The Morgan fingerprint density at radius 2 is 1.96 bits per heavy atom. The molecule has 0 bridgehead atoms. The van der Waals surface area contributed by atoms with Gasteiger partial charge in [0.25, 0.3) is 5.89 Å². The van der Waals surface area contributed by atoms with E-state index in [1.165, 1.54) is 11.3 Å². The number of nitrogens with one attached hydrogen (secondary N) is 1. The van der Waals surface area contributed by atoms with Crippen molar-refractivity contribution in [1.29, 1.82) is 0 Å². The monoisotopic (exact) mass is 353 g/mol. The maximum atomic E-state index is 12.6. The van der Waals surface area contributed by atoms with Gasteiger partial charge in [0.2, 0.25) is 10.0 Å². The van der Waals surface area contributed by atoms with E-state index in [1.807, 2.05) is 5.38 Å². The van der Waals surface area contributed by atoms with Gasteiger partial charge in [-0.1, -0.05) is 24.4 Å². The molecule has 2 heterocycles. The molecule has 0 amide bonds. The van der Waals surface area contributed by atoms with Crippen molar-refractivity contribution in [2.75, 3.05) is 4.72 Å². The van der Waals surface area contributed by atoms with Gasteiger partial charge < -0.3 is 4.52 Å². The lowest BCUT2D eigenvalue weighted by Crippen LogP contribution is -2.29. The molecular formula is C15H19N3O3S2. The molecule has 2 aliphatic rings. The first-order valence-corrected chi connectivity index (χ1v) is 10.5. The van der Waals surface area contributed by atoms with Crippen LogP contribution in [-0.4, -0.2) is 23.8 Å². The van der Waals surface area contributed by atoms with Crippen LogP contribution in [0, 0.1) is 0 Å². The minimum absolute atomic E-state index is 0.297. The van der Waals surface area contributed by atoms with E-state index in [4.69, 9.17) is 4.52 Å². The molecule has 2 aromatic heterocycles. The smallest absolute Gasteiger partial charge is 0.270 e. The van der Waals surface area contributed by atoms with Gasteiger partial charge in [-0.2, -0.15) is 4.98 Å². The highest BCUT2D eigenvalue weighted by atomic mass is 32.2. The molecule has 0 aliphatic heterocycles. The van der Waals surface area contributed by atoms with Gasteiger partial charge in [-0.25, -0.2) is 8.42 Å². The fraction of sp³-hybridized carbons (Fsp3) is 0.600. The lowest BCUT2D eigenvalue weighted by atomic mass is 10.0. The second-order valence-electron chi connectivity index (χ2n) is 6.30. The zero-order valence-electron chi connectivity index (χ0n) is 12.7. The molecule has 1 N–H and O–H groups in total. The highest BCUT2D eigenvalue weighted by Gasteiger charge is 2.31. The summed E-state index contributed by atoms with van der Waals surface area (Å²) in [6.07, 6.45) is 6.77. The molecule has 2 aliphatic carbocycles. The van der Waals surface area contributed by atoms with Crippen molar-refractivity contribution in [3.63, 3.8) is 0 Å². The Hall–Kier alpha value is -1.41. The van der Waals surface area contributed by atoms with Gasteiger partial charge in [-0.3, -0.25) is 4.72 Å². The van der Waals surface area contributed by atoms with Gasteiger partial charge in [-0.05, 0) is 37.1 Å². The van der Waals surface area contributed by atoms with Gasteiger partial charge in [0.05, 0.1) is 10.9 Å². The van der Waals surface area contributed by atoms with E-state index in [2.05, 4.69) is 14.9 Å². The Morgan fingerprint density at radius 3 is 2.70 bits per heavy atom. The van der Waals surface area contributed by atoms with Gasteiger partial charge in [0.15, 0.2) is 5.82 Å². The largest absolute Gasteiger partial charge is 0.333 e. The summed E-state index contributed by atoms with van der Waals surface area (Å²) >= 11 is 1.41. The summed E-state index contributed by atoms with van der Waals surface area (Å²) in [6, 6.07) is 1.77. The molecule has 0 aromatic carbocycles. The molecule has 23 heavy (non-hydrogen) atoms. The summed E-state index contributed by atoms with van der Waals surface area (Å²) in [5.74, 6) is 1.55. The average molecular weight is 353 g/mol. The first-order valence-electron chi connectivity index (χ1n) is 8.06. The van der Waals surface area contributed by atoms with Crippen LogP contribution in [-0.2, 0) is 10.0 Å². The summed E-state index contributed by atoms with van der Waals surface area (Å²) in [5, 5.41) is 5.55. The van der Waals surface area contributed by atoms with E-state index in [0.29, 0.717) is 22.4 Å². The second kappa shape index (κ2) is 5.90. The van der Waals surface area contributed by atoms with Crippen molar-refractivity contribution in [2.24, 2.45) is 0 Å². The van der Waals surface area contributed by atoms with Crippen LogP contribution in [0.4, 0.5) is 5.69 Å². The molecular weight excluding hydrogens is 334 g/mol. The van der Waals surface area contributed by atoms with Crippen molar-refractivity contribution in [3.05, 3.63) is 17.3 Å². The number of nitrogens with zero attached hydrogens (tertiary/aromatic N) is 2. The summed E-state index contributed by atoms with van der Waals surface area (Å²) in [5.41, 5.74) is 0.548. The highest BCUT2D eigenvalue weighted by Crippen LogP contribution is 2.40. The molecule has 8 heteroatoms.